The van der Waals surface area contributed by atoms with Crippen molar-refractivity contribution in [2.24, 2.45) is 0 Å². The molecule has 0 radical (unpaired) electrons. The second kappa shape index (κ2) is 10.6. The summed E-state index contributed by atoms with van der Waals surface area (Å²) in [4.78, 5) is 2.34. The monoisotopic (exact) mass is 621 g/mol. The Hall–Kier alpha value is -5.80. The predicted octanol–water partition coefficient (Wildman–Crippen LogP) is 13.4. The van der Waals surface area contributed by atoms with Gasteiger partial charge in [-0.1, -0.05) is 87.5 Å². The Balaban J connectivity index is 1.21. The van der Waals surface area contributed by atoms with Crippen LogP contribution in [0.2, 0.25) is 0 Å². The summed E-state index contributed by atoms with van der Waals surface area (Å²) in [6.07, 6.45) is 0. The van der Waals surface area contributed by atoms with Crippen molar-refractivity contribution in [1.29, 1.82) is 0 Å². The Kier molecular flexibility index (Phi) is 6.29. The predicted molar refractivity (Wildman–Crippen MR) is 202 cm³/mol. The van der Waals surface area contributed by atoms with E-state index in [2.05, 4.69) is 172 Å². The van der Waals surface area contributed by atoms with E-state index in [1.807, 2.05) is 0 Å². The molecule has 0 aliphatic carbocycles. The number of rotatable bonds is 4. The van der Waals surface area contributed by atoms with Gasteiger partial charge in [-0.2, -0.15) is 0 Å². The number of fused-ring (bicyclic) bond motifs is 7. The van der Waals surface area contributed by atoms with Crippen molar-refractivity contribution < 1.29 is 8.83 Å². The smallest absolute Gasteiger partial charge is 0.137 e. The van der Waals surface area contributed by atoms with Crippen LogP contribution in [0.25, 0.3) is 65.8 Å². The van der Waals surface area contributed by atoms with Crippen molar-refractivity contribution in [3.05, 3.63) is 151 Å². The number of hydrogen-bond donors (Lipinski definition) is 0. The molecule has 9 aromatic rings. The number of furan rings is 2. The van der Waals surface area contributed by atoms with Gasteiger partial charge in [0.25, 0.3) is 0 Å². The van der Waals surface area contributed by atoms with E-state index in [1.54, 1.807) is 0 Å². The van der Waals surface area contributed by atoms with Gasteiger partial charge in [-0.05, 0) is 112 Å². The Bertz CT molecular complexity index is 2670. The lowest BCUT2D eigenvalue weighted by Gasteiger charge is -2.28. The molecule has 0 aliphatic rings. The molecule has 232 valence electrons. The maximum atomic E-state index is 6.64. The quantitative estimate of drug-likeness (QED) is 0.196. The summed E-state index contributed by atoms with van der Waals surface area (Å²) in [5, 5.41) is 6.73. The van der Waals surface area contributed by atoms with Crippen molar-refractivity contribution in [1.82, 2.24) is 0 Å². The molecule has 0 aliphatic heterocycles. The van der Waals surface area contributed by atoms with E-state index in [9.17, 15) is 0 Å². The largest absolute Gasteiger partial charge is 0.456 e. The van der Waals surface area contributed by atoms with Crippen molar-refractivity contribution in [2.75, 3.05) is 4.90 Å². The molecule has 0 N–H and O–H groups in total. The van der Waals surface area contributed by atoms with Crippen LogP contribution in [0.1, 0.15) is 31.9 Å². The van der Waals surface area contributed by atoms with Crippen LogP contribution in [0.15, 0.2) is 148 Å². The Labute approximate surface area is 279 Å². The second-order valence-corrected chi connectivity index (χ2v) is 14.0. The van der Waals surface area contributed by atoms with Gasteiger partial charge in [0.1, 0.15) is 22.3 Å². The number of benzene rings is 7. The molecular weight excluding hydrogens is 587 g/mol. The third-order valence-electron chi connectivity index (χ3n) is 9.60. The number of aryl methyl sites for hydroxylation is 1. The number of hydrogen-bond acceptors (Lipinski definition) is 3. The van der Waals surface area contributed by atoms with Gasteiger partial charge in [0.15, 0.2) is 0 Å². The van der Waals surface area contributed by atoms with E-state index in [0.717, 1.165) is 71.7 Å². The van der Waals surface area contributed by atoms with Gasteiger partial charge in [0, 0.05) is 44.7 Å². The summed E-state index contributed by atoms with van der Waals surface area (Å²) >= 11 is 0. The van der Waals surface area contributed by atoms with Gasteiger partial charge in [0.2, 0.25) is 0 Å². The van der Waals surface area contributed by atoms with Gasteiger partial charge >= 0.3 is 0 Å². The Morgan fingerprint density at radius 3 is 1.69 bits per heavy atom. The summed E-state index contributed by atoms with van der Waals surface area (Å²) < 4.78 is 12.9. The minimum absolute atomic E-state index is 0.0184. The van der Waals surface area contributed by atoms with E-state index in [0.29, 0.717) is 0 Å². The van der Waals surface area contributed by atoms with Crippen LogP contribution >= 0.6 is 0 Å². The van der Waals surface area contributed by atoms with Crippen LogP contribution in [0.5, 0.6) is 0 Å². The van der Waals surface area contributed by atoms with Crippen LogP contribution in [-0.2, 0) is 5.41 Å². The first-order valence-electron chi connectivity index (χ1n) is 16.6. The molecule has 2 aromatic heterocycles. The fourth-order valence-electron chi connectivity index (χ4n) is 7.04. The highest BCUT2D eigenvalue weighted by atomic mass is 16.3. The van der Waals surface area contributed by atoms with Gasteiger partial charge in [-0.15, -0.1) is 0 Å². The molecule has 3 nitrogen and oxygen atoms in total. The fourth-order valence-corrected chi connectivity index (χ4v) is 7.04. The summed E-state index contributed by atoms with van der Waals surface area (Å²) in [6.45, 7) is 8.88. The second-order valence-electron chi connectivity index (χ2n) is 14.0. The summed E-state index contributed by atoms with van der Waals surface area (Å²) in [6, 6.07) is 50.0. The average molecular weight is 622 g/mol. The molecule has 7 aromatic carbocycles. The highest BCUT2D eigenvalue weighted by molar-refractivity contribution is 6.15. The lowest BCUT2D eigenvalue weighted by Crippen LogP contribution is -2.14. The Morgan fingerprint density at radius 2 is 1.00 bits per heavy atom. The van der Waals surface area contributed by atoms with Gasteiger partial charge < -0.3 is 13.7 Å². The van der Waals surface area contributed by atoms with E-state index in [-0.39, 0.29) is 5.41 Å². The maximum Gasteiger partial charge on any atom is 0.137 e. The van der Waals surface area contributed by atoms with E-state index >= 15 is 0 Å². The average Bonchev–Trinajstić information content (AvgIpc) is 3.62. The molecule has 0 saturated heterocycles. The SMILES string of the molecule is Cc1ccc2c(c1)oc1cc3cc4c(cc3cc12)oc1cc(N(c2cccc(-c3ccccc3)c2)c2cccc(C(C)(C)C)c2)ccc14. The third-order valence-corrected chi connectivity index (χ3v) is 9.60. The van der Waals surface area contributed by atoms with E-state index in [4.69, 9.17) is 8.83 Å². The number of anilines is 3. The van der Waals surface area contributed by atoms with Gasteiger partial charge in [-0.25, -0.2) is 0 Å². The van der Waals surface area contributed by atoms with E-state index in [1.165, 1.54) is 22.3 Å². The van der Waals surface area contributed by atoms with Crippen LogP contribution in [0.4, 0.5) is 17.1 Å². The lowest BCUT2D eigenvalue weighted by atomic mass is 9.87. The minimum Gasteiger partial charge on any atom is -0.456 e. The molecule has 0 fully saturated rings. The topological polar surface area (TPSA) is 29.5 Å². The van der Waals surface area contributed by atoms with Crippen molar-refractivity contribution in [3.8, 4) is 11.1 Å². The molecule has 0 amide bonds. The molecule has 0 spiro atoms. The standard InChI is InChI=1S/C45H35NO2/c1-28-16-18-37-39-22-31-25-43-40(23-32(31)24-42(39)47-41(37)20-28)38-19-17-36(27-44(38)48-43)46(35-15-9-13-33(26-35)45(2,3)4)34-14-8-12-30(21-34)29-10-6-5-7-11-29/h5-27H,1-4H3. The molecule has 9 rings (SSSR count). The van der Waals surface area contributed by atoms with Crippen LogP contribution < -0.4 is 4.90 Å². The summed E-state index contributed by atoms with van der Waals surface area (Å²) in [5.74, 6) is 0. The first-order valence-corrected chi connectivity index (χ1v) is 16.6. The zero-order valence-corrected chi connectivity index (χ0v) is 27.5. The fraction of sp³-hybridized carbons (Fsp3) is 0.111. The van der Waals surface area contributed by atoms with Crippen LogP contribution in [-0.4, -0.2) is 0 Å². The maximum absolute atomic E-state index is 6.64. The zero-order valence-electron chi connectivity index (χ0n) is 27.5. The van der Waals surface area contributed by atoms with E-state index < -0.39 is 0 Å². The minimum atomic E-state index is 0.0184. The molecule has 0 saturated carbocycles. The molecular formula is C45H35NO2. The molecule has 48 heavy (non-hydrogen) atoms. The highest BCUT2D eigenvalue weighted by Gasteiger charge is 2.20. The zero-order chi connectivity index (χ0) is 32.6. The van der Waals surface area contributed by atoms with Crippen LogP contribution in [0.3, 0.4) is 0 Å². The van der Waals surface area contributed by atoms with Gasteiger partial charge in [0.05, 0.1) is 0 Å². The molecule has 0 unspecified atom stereocenters. The Morgan fingerprint density at radius 1 is 0.438 bits per heavy atom. The van der Waals surface area contributed by atoms with Crippen molar-refractivity contribution in [3.63, 3.8) is 0 Å². The first kappa shape index (κ1) is 28.4. The molecule has 3 heteroatoms. The molecule has 2 heterocycles. The van der Waals surface area contributed by atoms with Crippen molar-refractivity contribution >= 4 is 71.7 Å². The van der Waals surface area contributed by atoms with Crippen molar-refractivity contribution in [2.45, 2.75) is 33.1 Å². The third kappa shape index (κ3) is 4.74. The first-order chi connectivity index (χ1) is 23.3. The highest BCUT2D eigenvalue weighted by Crippen LogP contribution is 2.42. The molecule has 0 bridgehead atoms. The summed E-state index contributed by atoms with van der Waals surface area (Å²) in [7, 11) is 0. The lowest BCUT2D eigenvalue weighted by molar-refractivity contribution is 0.590. The number of nitrogens with zero attached hydrogens (tertiary/aromatic N) is 1. The normalized spacial score (nSPS) is 12.2. The van der Waals surface area contributed by atoms with Gasteiger partial charge in [-0.3, -0.25) is 0 Å². The summed E-state index contributed by atoms with van der Waals surface area (Å²) in [5.41, 5.74) is 11.7. The molecule has 0 atom stereocenters. The van der Waals surface area contributed by atoms with Crippen LogP contribution in [0, 0.1) is 6.92 Å².